The zero-order valence-corrected chi connectivity index (χ0v) is 21.4. The van der Waals surface area contributed by atoms with Gasteiger partial charge in [-0.1, -0.05) is 11.6 Å². The molecule has 1 aromatic carbocycles. The van der Waals surface area contributed by atoms with Crippen LogP contribution in [-0.4, -0.2) is 65.9 Å². The van der Waals surface area contributed by atoms with Crippen molar-refractivity contribution in [2.24, 2.45) is 5.92 Å². The molecule has 2 aliphatic rings. The molecule has 0 unspecified atom stereocenters. The van der Waals surface area contributed by atoms with Gasteiger partial charge < -0.3 is 25.4 Å². The Morgan fingerprint density at radius 3 is 2.54 bits per heavy atom. The number of nitrogens with zero attached hydrogens (tertiary/aromatic N) is 3. The second kappa shape index (κ2) is 12.0. The minimum atomic E-state index is -0.0627. The van der Waals surface area contributed by atoms with E-state index in [0.29, 0.717) is 29.7 Å². The minimum Gasteiger partial charge on any atom is -0.494 e. The van der Waals surface area contributed by atoms with Gasteiger partial charge in [0.15, 0.2) is 0 Å². The maximum Gasteiger partial charge on any atom is 0.252 e. The molecule has 0 spiro atoms. The Morgan fingerprint density at radius 2 is 1.91 bits per heavy atom. The number of anilines is 1. The predicted octanol–water partition coefficient (Wildman–Crippen LogP) is 3.28. The van der Waals surface area contributed by atoms with Crippen molar-refractivity contribution in [3.63, 3.8) is 0 Å². The van der Waals surface area contributed by atoms with E-state index in [4.69, 9.17) is 16.3 Å². The summed E-state index contributed by atoms with van der Waals surface area (Å²) in [5, 5.41) is 16.2. The molecule has 3 N–H and O–H groups in total. The van der Waals surface area contributed by atoms with Gasteiger partial charge in [-0.25, -0.2) is 9.97 Å². The largest absolute Gasteiger partial charge is 0.494 e. The lowest BCUT2D eigenvalue weighted by Gasteiger charge is -2.32. The Labute approximate surface area is 212 Å². The lowest BCUT2D eigenvalue weighted by molar-refractivity contribution is 0.0937. The molecule has 1 aromatic heterocycles. The smallest absolute Gasteiger partial charge is 0.252 e. The summed E-state index contributed by atoms with van der Waals surface area (Å²) in [5.41, 5.74) is 2.54. The van der Waals surface area contributed by atoms with Crippen molar-refractivity contribution in [3.05, 3.63) is 46.2 Å². The quantitative estimate of drug-likeness (QED) is 0.453. The first-order valence-corrected chi connectivity index (χ1v) is 12.9. The van der Waals surface area contributed by atoms with Crippen molar-refractivity contribution in [1.82, 2.24) is 20.6 Å². The first kappa shape index (κ1) is 25.7. The number of carbonyl (C=O) groups is 1. The number of halogens is 1. The van der Waals surface area contributed by atoms with Crippen LogP contribution in [0.2, 0.25) is 5.02 Å². The number of piperidine rings is 1. The van der Waals surface area contributed by atoms with Crippen LogP contribution in [0.5, 0.6) is 5.75 Å². The number of benzene rings is 1. The molecule has 9 heteroatoms. The fraction of sp³-hybridized carbons (Fsp3) is 0.577. The predicted molar refractivity (Wildman–Crippen MR) is 137 cm³/mol. The second-order valence-corrected chi connectivity index (χ2v) is 10.2. The van der Waals surface area contributed by atoms with Gasteiger partial charge in [0.25, 0.3) is 5.91 Å². The van der Waals surface area contributed by atoms with Crippen molar-refractivity contribution >= 4 is 23.5 Å². The van der Waals surface area contributed by atoms with Crippen LogP contribution in [0.1, 0.15) is 53.6 Å². The van der Waals surface area contributed by atoms with Crippen molar-refractivity contribution in [2.45, 2.75) is 58.0 Å². The molecule has 4 rings (SSSR count). The first-order chi connectivity index (χ1) is 16.9. The highest BCUT2D eigenvalue weighted by Crippen LogP contribution is 2.26. The van der Waals surface area contributed by atoms with Gasteiger partial charge in [0.2, 0.25) is 5.95 Å². The van der Waals surface area contributed by atoms with Gasteiger partial charge in [-0.05, 0) is 75.1 Å². The number of aromatic nitrogens is 2. The zero-order chi connectivity index (χ0) is 24.8. The summed E-state index contributed by atoms with van der Waals surface area (Å²) >= 11 is 5.89. The van der Waals surface area contributed by atoms with Crippen LogP contribution in [0.15, 0.2) is 24.5 Å². The number of aliphatic hydroxyl groups is 1. The Balaban J connectivity index is 1.20. The number of hydrogen-bond donors (Lipinski definition) is 3. The maximum atomic E-state index is 12.9. The summed E-state index contributed by atoms with van der Waals surface area (Å²) in [6.07, 6.45) is 8.44. The van der Waals surface area contributed by atoms with Crippen LogP contribution in [0.25, 0.3) is 0 Å². The van der Waals surface area contributed by atoms with Crippen molar-refractivity contribution < 1.29 is 14.6 Å². The highest BCUT2D eigenvalue weighted by Gasteiger charge is 2.26. The van der Waals surface area contributed by atoms with Crippen LogP contribution < -0.4 is 20.3 Å². The minimum absolute atomic E-state index is 0.0416. The lowest BCUT2D eigenvalue weighted by atomic mass is 9.92. The molecule has 2 fully saturated rings. The fourth-order valence-electron chi connectivity index (χ4n) is 5.14. The summed E-state index contributed by atoms with van der Waals surface area (Å²) < 4.78 is 6.04. The van der Waals surface area contributed by atoms with Crippen molar-refractivity contribution in [1.29, 1.82) is 0 Å². The molecule has 2 atom stereocenters. The third-order valence-corrected chi connectivity index (χ3v) is 7.24. The average Bonchev–Trinajstić information content (AvgIpc) is 3.30. The summed E-state index contributed by atoms with van der Waals surface area (Å²) in [7, 11) is 0. The fourth-order valence-corrected chi connectivity index (χ4v) is 5.24. The summed E-state index contributed by atoms with van der Waals surface area (Å²) in [6.45, 7) is 7.28. The van der Waals surface area contributed by atoms with Crippen LogP contribution in [-0.2, 0) is 0 Å². The van der Waals surface area contributed by atoms with E-state index in [1.807, 2.05) is 26.0 Å². The molecule has 190 valence electrons. The number of aryl methyl sites for hydroxylation is 2. The van der Waals surface area contributed by atoms with Crippen LogP contribution in [0, 0.1) is 19.8 Å². The molecule has 35 heavy (non-hydrogen) atoms. The van der Waals surface area contributed by atoms with E-state index in [1.165, 1.54) is 0 Å². The molecular weight excluding hydrogens is 466 g/mol. The maximum absolute atomic E-state index is 12.9. The zero-order valence-electron chi connectivity index (χ0n) is 20.6. The van der Waals surface area contributed by atoms with Gasteiger partial charge >= 0.3 is 0 Å². The van der Waals surface area contributed by atoms with Gasteiger partial charge in [-0.2, -0.15) is 0 Å². The highest BCUT2D eigenvalue weighted by atomic mass is 35.5. The number of ether oxygens (including phenoxy) is 1. The summed E-state index contributed by atoms with van der Waals surface area (Å²) in [5.74, 6) is 2.20. The third kappa shape index (κ3) is 6.84. The number of nitrogens with one attached hydrogen (secondary N) is 2. The lowest BCUT2D eigenvalue weighted by Crippen LogP contribution is -2.36. The van der Waals surface area contributed by atoms with Crippen LogP contribution >= 0.6 is 11.6 Å². The van der Waals surface area contributed by atoms with E-state index < -0.39 is 0 Å². The van der Waals surface area contributed by atoms with Gasteiger partial charge in [0.05, 0.1) is 30.6 Å². The average molecular weight is 502 g/mol. The first-order valence-electron chi connectivity index (χ1n) is 12.5. The van der Waals surface area contributed by atoms with E-state index in [0.717, 1.165) is 68.0 Å². The number of hydrogen-bond acceptors (Lipinski definition) is 7. The van der Waals surface area contributed by atoms with E-state index in [1.54, 1.807) is 12.4 Å². The van der Waals surface area contributed by atoms with Crippen molar-refractivity contribution in [2.75, 3.05) is 37.7 Å². The van der Waals surface area contributed by atoms with Crippen LogP contribution in [0.4, 0.5) is 5.95 Å². The summed E-state index contributed by atoms with van der Waals surface area (Å²) in [6, 6.07) is 4.01. The van der Waals surface area contributed by atoms with Gasteiger partial charge in [-0.15, -0.1) is 0 Å². The van der Waals surface area contributed by atoms with Crippen LogP contribution in [0.3, 0.4) is 0 Å². The molecule has 2 aliphatic heterocycles. The summed E-state index contributed by atoms with van der Waals surface area (Å²) in [4.78, 5) is 23.7. The molecule has 8 nitrogen and oxygen atoms in total. The van der Waals surface area contributed by atoms with Gasteiger partial charge in [0, 0.05) is 37.3 Å². The van der Waals surface area contributed by atoms with Gasteiger partial charge in [0.1, 0.15) is 5.75 Å². The Morgan fingerprint density at radius 1 is 1.23 bits per heavy atom. The topological polar surface area (TPSA) is 99.6 Å². The highest BCUT2D eigenvalue weighted by molar-refractivity contribution is 6.30. The third-order valence-electron chi connectivity index (χ3n) is 7.04. The number of amides is 1. The van der Waals surface area contributed by atoms with E-state index in [-0.39, 0.29) is 24.6 Å². The Hall–Kier alpha value is -2.42. The molecule has 0 saturated carbocycles. The molecule has 2 saturated heterocycles. The Bertz CT molecular complexity index is 972. The molecule has 0 aliphatic carbocycles. The van der Waals surface area contributed by atoms with E-state index in [9.17, 15) is 9.90 Å². The number of carbonyl (C=O) groups excluding carboxylic acids is 1. The molecule has 3 heterocycles. The SMILES string of the molecule is Cc1cc(OCCCC2CCN(c3ncc(Cl)cn3)CC2)cc(C)c1C(=O)N[C@H]1CN[C@H](CO)C1. The van der Waals surface area contributed by atoms with Crippen molar-refractivity contribution in [3.8, 4) is 5.75 Å². The molecular formula is C26H36ClN5O3. The standard InChI is InChI=1S/C26H36ClN5O3/c1-17-10-23(11-18(2)24(17)25(34)31-21-12-22(16-33)28-15-21)35-9-3-4-19-5-7-32(8-6-19)26-29-13-20(27)14-30-26/h10-11,13-14,19,21-22,28,33H,3-9,12,15-16H2,1-2H3,(H,31,34)/t21-,22+/m1/s1. The Kier molecular flexibility index (Phi) is 8.81. The number of rotatable bonds is 9. The second-order valence-electron chi connectivity index (χ2n) is 9.75. The van der Waals surface area contributed by atoms with E-state index >= 15 is 0 Å². The molecule has 2 aromatic rings. The van der Waals surface area contributed by atoms with E-state index in [2.05, 4.69) is 25.5 Å². The number of aliphatic hydroxyl groups excluding tert-OH is 1. The normalized spacial score (nSPS) is 20.7. The molecule has 0 bridgehead atoms. The monoisotopic (exact) mass is 501 g/mol. The van der Waals surface area contributed by atoms with Gasteiger partial charge in [-0.3, -0.25) is 4.79 Å². The molecule has 1 amide bonds. The molecule has 0 radical (unpaired) electrons.